The molecule has 1 heterocycles. The lowest BCUT2D eigenvalue weighted by Crippen LogP contribution is -2.45. The molecular weight excluding hydrogens is 238 g/mol. The standard InChI is InChI=1S/C15H31N3O/c1-13(2)7-8-17-15(19)14(3)16-9-12-18-10-5-4-6-11-18/h13-14,16H,4-12H2,1-3H3,(H,17,19). The van der Waals surface area contributed by atoms with Crippen LogP contribution in [-0.2, 0) is 4.79 Å². The maximum Gasteiger partial charge on any atom is 0.236 e. The predicted octanol–water partition coefficient (Wildman–Crippen LogP) is 1.61. The van der Waals surface area contributed by atoms with E-state index in [-0.39, 0.29) is 11.9 Å². The van der Waals surface area contributed by atoms with E-state index in [9.17, 15) is 4.79 Å². The van der Waals surface area contributed by atoms with E-state index in [4.69, 9.17) is 0 Å². The highest BCUT2D eigenvalue weighted by Crippen LogP contribution is 2.07. The highest BCUT2D eigenvalue weighted by molar-refractivity contribution is 5.81. The number of carbonyl (C=O) groups excluding carboxylic acids is 1. The van der Waals surface area contributed by atoms with Gasteiger partial charge in [-0.3, -0.25) is 4.79 Å². The molecule has 0 aromatic heterocycles. The number of carbonyl (C=O) groups is 1. The first kappa shape index (κ1) is 16.4. The topological polar surface area (TPSA) is 44.4 Å². The number of amides is 1. The van der Waals surface area contributed by atoms with Gasteiger partial charge in [-0.1, -0.05) is 20.3 Å². The minimum atomic E-state index is -0.0862. The molecule has 1 unspecified atom stereocenters. The van der Waals surface area contributed by atoms with Gasteiger partial charge in [0.05, 0.1) is 6.04 Å². The first-order valence-corrected chi connectivity index (χ1v) is 7.83. The lowest BCUT2D eigenvalue weighted by molar-refractivity contribution is -0.122. The monoisotopic (exact) mass is 269 g/mol. The summed E-state index contributed by atoms with van der Waals surface area (Å²) in [4.78, 5) is 14.3. The van der Waals surface area contributed by atoms with Gasteiger partial charge in [-0.05, 0) is 45.2 Å². The Kier molecular flexibility index (Phi) is 8.07. The Morgan fingerprint density at radius 2 is 1.79 bits per heavy atom. The van der Waals surface area contributed by atoms with Gasteiger partial charge in [0.2, 0.25) is 5.91 Å². The smallest absolute Gasteiger partial charge is 0.236 e. The summed E-state index contributed by atoms with van der Waals surface area (Å²) in [5, 5.41) is 6.30. The molecular formula is C15H31N3O. The number of piperidine rings is 1. The third-order valence-corrected chi connectivity index (χ3v) is 3.74. The molecule has 2 N–H and O–H groups in total. The molecule has 0 spiro atoms. The van der Waals surface area contributed by atoms with Crippen molar-refractivity contribution in [2.24, 2.45) is 5.92 Å². The first-order chi connectivity index (χ1) is 9.09. The van der Waals surface area contributed by atoms with Gasteiger partial charge in [0.15, 0.2) is 0 Å². The van der Waals surface area contributed by atoms with Gasteiger partial charge in [0.25, 0.3) is 0 Å². The SMILES string of the molecule is CC(C)CCNC(=O)C(C)NCCN1CCCCC1. The second kappa shape index (κ2) is 9.32. The summed E-state index contributed by atoms with van der Waals surface area (Å²) >= 11 is 0. The fraction of sp³-hybridized carbons (Fsp3) is 0.933. The third-order valence-electron chi connectivity index (χ3n) is 3.74. The Hall–Kier alpha value is -0.610. The molecule has 0 aromatic rings. The minimum absolute atomic E-state index is 0.0862. The van der Waals surface area contributed by atoms with Crippen molar-refractivity contribution in [1.82, 2.24) is 15.5 Å². The first-order valence-electron chi connectivity index (χ1n) is 7.83. The molecule has 1 saturated heterocycles. The maximum absolute atomic E-state index is 11.8. The van der Waals surface area contributed by atoms with Crippen molar-refractivity contribution >= 4 is 5.91 Å². The molecule has 1 amide bonds. The van der Waals surface area contributed by atoms with Gasteiger partial charge in [-0.25, -0.2) is 0 Å². The average molecular weight is 269 g/mol. The molecule has 0 bridgehead atoms. The third kappa shape index (κ3) is 7.53. The molecule has 0 saturated carbocycles. The van der Waals surface area contributed by atoms with Gasteiger partial charge < -0.3 is 15.5 Å². The van der Waals surface area contributed by atoms with Crippen LogP contribution in [0.5, 0.6) is 0 Å². The molecule has 4 heteroatoms. The fourth-order valence-electron chi connectivity index (χ4n) is 2.35. The molecule has 0 aliphatic carbocycles. The highest BCUT2D eigenvalue weighted by atomic mass is 16.2. The van der Waals surface area contributed by atoms with Crippen LogP contribution in [0.15, 0.2) is 0 Å². The van der Waals surface area contributed by atoms with Gasteiger partial charge in [-0.15, -0.1) is 0 Å². The van der Waals surface area contributed by atoms with Crippen LogP contribution in [-0.4, -0.2) is 49.6 Å². The van der Waals surface area contributed by atoms with E-state index in [1.165, 1.54) is 32.4 Å². The summed E-state index contributed by atoms with van der Waals surface area (Å²) in [6.45, 7) is 11.5. The Labute approximate surface area is 118 Å². The number of nitrogens with zero attached hydrogens (tertiary/aromatic N) is 1. The maximum atomic E-state index is 11.8. The van der Waals surface area contributed by atoms with Gasteiger partial charge in [0, 0.05) is 19.6 Å². The van der Waals surface area contributed by atoms with E-state index < -0.39 is 0 Å². The molecule has 0 radical (unpaired) electrons. The van der Waals surface area contributed by atoms with E-state index >= 15 is 0 Å². The summed E-state index contributed by atoms with van der Waals surface area (Å²) in [6.07, 6.45) is 5.07. The molecule has 1 fully saturated rings. The lowest BCUT2D eigenvalue weighted by Gasteiger charge is -2.27. The summed E-state index contributed by atoms with van der Waals surface area (Å²) in [7, 11) is 0. The molecule has 4 nitrogen and oxygen atoms in total. The minimum Gasteiger partial charge on any atom is -0.355 e. The Morgan fingerprint density at radius 1 is 1.11 bits per heavy atom. The normalized spacial score (nSPS) is 18.5. The summed E-state index contributed by atoms with van der Waals surface area (Å²) in [6, 6.07) is -0.0862. The van der Waals surface area contributed by atoms with Crippen LogP contribution < -0.4 is 10.6 Å². The quantitative estimate of drug-likeness (QED) is 0.704. The average Bonchev–Trinajstić information content (AvgIpc) is 2.39. The van der Waals surface area contributed by atoms with Gasteiger partial charge in [-0.2, -0.15) is 0 Å². The molecule has 0 aromatic carbocycles. The van der Waals surface area contributed by atoms with Crippen LogP contribution >= 0.6 is 0 Å². The van der Waals surface area contributed by atoms with Crippen LogP contribution in [0.1, 0.15) is 46.5 Å². The molecule has 19 heavy (non-hydrogen) atoms. The molecule has 112 valence electrons. The van der Waals surface area contributed by atoms with Gasteiger partial charge in [0.1, 0.15) is 0 Å². The number of hydrogen-bond acceptors (Lipinski definition) is 3. The summed E-state index contributed by atoms with van der Waals surface area (Å²) in [5.74, 6) is 0.766. The zero-order chi connectivity index (χ0) is 14.1. The number of nitrogens with one attached hydrogen (secondary N) is 2. The largest absolute Gasteiger partial charge is 0.355 e. The van der Waals surface area contributed by atoms with Crippen molar-refractivity contribution < 1.29 is 4.79 Å². The number of rotatable bonds is 8. The zero-order valence-electron chi connectivity index (χ0n) is 12.9. The number of likely N-dealkylation sites (tertiary alicyclic amines) is 1. The molecule has 1 aliphatic heterocycles. The molecule has 1 aliphatic rings. The molecule has 1 rings (SSSR count). The van der Waals surface area contributed by atoms with Crippen LogP contribution in [0, 0.1) is 5.92 Å². The Morgan fingerprint density at radius 3 is 2.42 bits per heavy atom. The van der Waals surface area contributed by atoms with Crippen molar-refractivity contribution in [3.05, 3.63) is 0 Å². The van der Waals surface area contributed by atoms with Crippen molar-refractivity contribution in [2.45, 2.75) is 52.5 Å². The molecule has 1 atom stereocenters. The van der Waals surface area contributed by atoms with E-state index in [1.807, 2.05) is 6.92 Å². The van der Waals surface area contributed by atoms with Crippen LogP contribution in [0.2, 0.25) is 0 Å². The Balaban J connectivity index is 2.05. The van der Waals surface area contributed by atoms with E-state index in [0.29, 0.717) is 5.92 Å². The Bertz CT molecular complexity index is 250. The highest BCUT2D eigenvalue weighted by Gasteiger charge is 2.13. The fourth-order valence-corrected chi connectivity index (χ4v) is 2.35. The van der Waals surface area contributed by atoms with E-state index in [1.54, 1.807) is 0 Å². The van der Waals surface area contributed by atoms with Crippen LogP contribution in [0.25, 0.3) is 0 Å². The lowest BCUT2D eigenvalue weighted by atomic mass is 10.1. The van der Waals surface area contributed by atoms with Crippen molar-refractivity contribution in [3.8, 4) is 0 Å². The summed E-state index contributed by atoms with van der Waals surface area (Å²) in [5.41, 5.74) is 0. The van der Waals surface area contributed by atoms with Crippen LogP contribution in [0.3, 0.4) is 0 Å². The second-order valence-electron chi connectivity index (χ2n) is 6.05. The van der Waals surface area contributed by atoms with E-state index in [2.05, 4.69) is 29.4 Å². The van der Waals surface area contributed by atoms with Gasteiger partial charge >= 0.3 is 0 Å². The van der Waals surface area contributed by atoms with E-state index in [0.717, 1.165) is 26.1 Å². The van der Waals surface area contributed by atoms with Crippen molar-refractivity contribution in [2.75, 3.05) is 32.7 Å². The van der Waals surface area contributed by atoms with Crippen molar-refractivity contribution in [1.29, 1.82) is 0 Å². The predicted molar refractivity (Wildman–Crippen MR) is 80.2 cm³/mol. The summed E-state index contributed by atoms with van der Waals surface area (Å²) < 4.78 is 0. The van der Waals surface area contributed by atoms with Crippen LogP contribution in [0.4, 0.5) is 0 Å². The second-order valence-corrected chi connectivity index (χ2v) is 6.05. The number of hydrogen-bond donors (Lipinski definition) is 2. The van der Waals surface area contributed by atoms with Crippen molar-refractivity contribution in [3.63, 3.8) is 0 Å². The zero-order valence-corrected chi connectivity index (χ0v) is 12.9.